The number of Topliss-reactive ketones (excluding diaryl/α,β-unsaturated/α-hetero) is 1. The van der Waals surface area contributed by atoms with Crippen LogP contribution in [0.1, 0.15) is 23.6 Å². The fourth-order valence-electron chi connectivity index (χ4n) is 1.71. The fourth-order valence-corrected chi connectivity index (χ4v) is 2.00. The molecule has 1 rings (SSSR count). The quantitative estimate of drug-likeness (QED) is 0.843. The van der Waals surface area contributed by atoms with Crippen LogP contribution >= 0.6 is 15.9 Å². The van der Waals surface area contributed by atoms with Gasteiger partial charge in [0.15, 0.2) is 0 Å². The molecule has 0 saturated carbocycles. The summed E-state index contributed by atoms with van der Waals surface area (Å²) in [6.07, 6.45) is 0.429. The molecule has 0 saturated heterocycles. The maximum absolute atomic E-state index is 11.1. The molecule has 1 aromatic carbocycles. The van der Waals surface area contributed by atoms with Gasteiger partial charge < -0.3 is 4.74 Å². The van der Waals surface area contributed by atoms with Crippen molar-refractivity contribution in [2.45, 2.75) is 27.2 Å². The number of hydrogen-bond acceptors (Lipinski definition) is 2. The first-order valence-electron chi connectivity index (χ1n) is 4.79. The summed E-state index contributed by atoms with van der Waals surface area (Å²) >= 11 is 3.51. The Hall–Kier alpha value is -0.830. The third-order valence-electron chi connectivity index (χ3n) is 2.34. The van der Waals surface area contributed by atoms with Crippen molar-refractivity contribution >= 4 is 21.7 Å². The van der Waals surface area contributed by atoms with Crippen LogP contribution in [0.25, 0.3) is 0 Å². The van der Waals surface area contributed by atoms with Crippen LogP contribution in [-0.4, -0.2) is 12.9 Å². The number of ketones is 1. The van der Waals surface area contributed by atoms with Crippen LogP contribution in [0, 0.1) is 13.8 Å². The molecule has 0 aromatic heterocycles. The zero-order valence-electron chi connectivity index (χ0n) is 9.48. The van der Waals surface area contributed by atoms with Gasteiger partial charge in [0.1, 0.15) is 11.5 Å². The fraction of sp³-hybridized carbons (Fsp3) is 0.417. The number of ether oxygens (including phenoxy) is 1. The zero-order chi connectivity index (χ0) is 11.6. The normalized spacial score (nSPS) is 10.2. The lowest BCUT2D eigenvalue weighted by molar-refractivity contribution is -0.116. The molecule has 0 unspecified atom stereocenters. The summed E-state index contributed by atoms with van der Waals surface area (Å²) < 4.78 is 6.38. The Morgan fingerprint density at radius 1 is 1.47 bits per heavy atom. The van der Waals surface area contributed by atoms with Gasteiger partial charge in [-0.05, 0) is 26.3 Å². The Kier molecular flexibility index (Phi) is 3.91. The van der Waals surface area contributed by atoms with E-state index in [4.69, 9.17) is 4.74 Å². The monoisotopic (exact) mass is 270 g/mol. The third-order valence-corrected chi connectivity index (χ3v) is 3.56. The molecule has 0 bridgehead atoms. The molecule has 0 N–H and O–H groups in total. The summed E-state index contributed by atoms with van der Waals surface area (Å²) in [4.78, 5) is 11.1. The van der Waals surface area contributed by atoms with E-state index in [-0.39, 0.29) is 5.78 Å². The standard InChI is InChI=1S/C12H15BrO2/c1-7-5-10(6-8(2)14)12(15-4)9(3)11(7)13/h5H,6H2,1-4H3. The molecule has 0 amide bonds. The molecule has 0 fully saturated rings. The highest BCUT2D eigenvalue weighted by Crippen LogP contribution is 2.33. The molecule has 0 atom stereocenters. The Balaban J connectivity index is 3.31. The molecule has 0 aliphatic carbocycles. The largest absolute Gasteiger partial charge is 0.496 e. The van der Waals surface area contributed by atoms with Crippen molar-refractivity contribution in [2.24, 2.45) is 0 Å². The van der Waals surface area contributed by atoms with Gasteiger partial charge in [-0.2, -0.15) is 0 Å². The molecule has 82 valence electrons. The molecule has 0 radical (unpaired) electrons. The van der Waals surface area contributed by atoms with Crippen LogP contribution in [0.5, 0.6) is 5.75 Å². The van der Waals surface area contributed by atoms with Crippen LogP contribution in [0.2, 0.25) is 0 Å². The molecule has 0 aliphatic rings. The highest BCUT2D eigenvalue weighted by Gasteiger charge is 2.13. The van der Waals surface area contributed by atoms with E-state index in [1.54, 1.807) is 14.0 Å². The Labute approximate surface area is 98.8 Å². The zero-order valence-corrected chi connectivity index (χ0v) is 11.1. The molecular weight excluding hydrogens is 256 g/mol. The predicted octanol–water partition coefficient (Wildman–Crippen LogP) is 3.21. The summed E-state index contributed by atoms with van der Waals surface area (Å²) in [6, 6.07) is 2.00. The second-order valence-electron chi connectivity index (χ2n) is 3.70. The number of methoxy groups -OCH3 is 1. The molecule has 1 aromatic rings. The highest BCUT2D eigenvalue weighted by molar-refractivity contribution is 9.10. The molecule has 0 spiro atoms. The number of carbonyl (C=O) groups excluding carboxylic acids is 1. The Morgan fingerprint density at radius 2 is 2.07 bits per heavy atom. The van der Waals surface area contributed by atoms with Crippen LogP contribution < -0.4 is 4.74 Å². The minimum absolute atomic E-state index is 0.148. The van der Waals surface area contributed by atoms with Gasteiger partial charge in [0.2, 0.25) is 0 Å². The summed E-state index contributed by atoms with van der Waals surface area (Å²) in [5.74, 6) is 0.956. The lowest BCUT2D eigenvalue weighted by atomic mass is 10.0. The molecule has 0 heterocycles. The van der Waals surface area contributed by atoms with Gasteiger partial charge in [-0.25, -0.2) is 0 Å². The van der Waals surface area contributed by atoms with Gasteiger partial charge in [-0.1, -0.05) is 22.0 Å². The van der Waals surface area contributed by atoms with Crippen molar-refractivity contribution in [1.82, 2.24) is 0 Å². The number of rotatable bonds is 3. The van der Waals surface area contributed by atoms with Gasteiger partial charge in [0.05, 0.1) is 7.11 Å². The van der Waals surface area contributed by atoms with E-state index in [1.807, 2.05) is 19.9 Å². The Bertz CT molecular complexity index is 397. The number of benzene rings is 1. The van der Waals surface area contributed by atoms with Gasteiger partial charge in [0.25, 0.3) is 0 Å². The lowest BCUT2D eigenvalue weighted by Crippen LogP contribution is -2.02. The number of halogens is 1. The van der Waals surface area contributed by atoms with Crippen molar-refractivity contribution in [3.05, 3.63) is 27.2 Å². The topological polar surface area (TPSA) is 26.3 Å². The predicted molar refractivity (Wildman–Crippen MR) is 64.6 cm³/mol. The van der Waals surface area contributed by atoms with E-state index in [1.165, 1.54) is 0 Å². The lowest BCUT2D eigenvalue weighted by Gasteiger charge is -2.14. The third kappa shape index (κ3) is 2.59. The van der Waals surface area contributed by atoms with Gasteiger partial charge in [0, 0.05) is 22.0 Å². The molecular formula is C12H15BrO2. The minimum atomic E-state index is 0.148. The summed E-state index contributed by atoms with van der Waals surface area (Å²) in [6.45, 7) is 5.59. The average molecular weight is 271 g/mol. The maximum Gasteiger partial charge on any atom is 0.134 e. The van der Waals surface area contributed by atoms with Crippen molar-refractivity contribution in [3.63, 3.8) is 0 Å². The van der Waals surface area contributed by atoms with Crippen molar-refractivity contribution < 1.29 is 9.53 Å². The van der Waals surface area contributed by atoms with E-state index in [9.17, 15) is 4.79 Å². The van der Waals surface area contributed by atoms with Crippen molar-refractivity contribution in [2.75, 3.05) is 7.11 Å². The van der Waals surface area contributed by atoms with Crippen LogP contribution in [0.15, 0.2) is 10.5 Å². The second-order valence-corrected chi connectivity index (χ2v) is 4.50. The molecule has 0 aliphatic heterocycles. The van der Waals surface area contributed by atoms with E-state index in [2.05, 4.69) is 15.9 Å². The highest BCUT2D eigenvalue weighted by atomic mass is 79.9. The number of hydrogen-bond donors (Lipinski definition) is 0. The van der Waals surface area contributed by atoms with Crippen molar-refractivity contribution in [1.29, 1.82) is 0 Å². The van der Waals surface area contributed by atoms with E-state index in [0.29, 0.717) is 6.42 Å². The molecule has 2 nitrogen and oxygen atoms in total. The van der Waals surface area contributed by atoms with E-state index < -0.39 is 0 Å². The van der Waals surface area contributed by atoms with Crippen LogP contribution in [-0.2, 0) is 11.2 Å². The minimum Gasteiger partial charge on any atom is -0.496 e. The number of aryl methyl sites for hydroxylation is 1. The first-order chi connectivity index (χ1) is 6.97. The average Bonchev–Trinajstić information content (AvgIpc) is 2.14. The smallest absolute Gasteiger partial charge is 0.134 e. The molecule has 3 heteroatoms. The second kappa shape index (κ2) is 4.79. The summed E-state index contributed by atoms with van der Waals surface area (Å²) in [5.41, 5.74) is 3.14. The van der Waals surface area contributed by atoms with E-state index in [0.717, 1.165) is 26.9 Å². The van der Waals surface area contributed by atoms with Gasteiger partial charge >= 0.3 is 0 Å². The van der Waals surface area contributed by atoms with Gasteiger partial charge in [-0.15, -0.1) is 0 Å². The summed E-state index contributed by atoms with van der Waals surface area (Å²) in [5, 5.41) is 0. The first-order valence-corrected chi connectivity index (χ1v) is 5.58. The van der Waals surface area contributed by atoms with E-state index >= 15 is 0 Å². The maximum atomic E-state index is 11.1. The summed E-state index contributed by atoms with van der Waals surface area (Å²) in [7, 11) is 1.63. The Morgan fingerprint density at radius 3 is 2.53 bits per heavy atom. The van der Waals surface area contributed by atoms with Crippen molar-refractivity contribution in [3.8, 4) is 5.75 Å². The van der Waals surface area contributed by atoms with Crippen LogP contribution in [0.3, 0.4) is 0 Å². The van der Waals surface area contributed by atoms with Gasteiger partial charge in [-0.3, -0.25) is 4.79 Å². The SMILES string of the molecule is COc1c(CC(C)=O)cc(C)c(Br)c1C. The first kappa shape index (κ1) is 12.2. The molecule has 15 heavy (non-hydrogen) atoms. The van der Waals surface area contributed by atoms with Crippen LogP contribution in [0.4, 0.5) is 0 Å². The number of carbonyl (C=O) groups is 1.